The highest BCUT2D eigenvalue weighted by Gasteiger charge is 2.17. The van der Waals surface area contributed by atoms with E-state index in [4.69, 9.17) is 4.42 Å². The smallest absolute Gasteiger partial charge is 0.121 e. The Hall–Kier alpha value is -1.93. The molecule has 1 atom stereocenters. The molecule has 0 bridgehead atoms. The van der Waals surface area contributed by atoms with Crippen LogP contribution in [0, 0.1) is 0 Å². The van der Waals surface area contributed by atoms with Gasteiger partial charge in [0, 0.05) is 5.75 Å². The number of benzene rings is 2. The Balaban J connectivity index is 1.80. The van der Waals surface area contributed by atoms with Crippen LogP contribution in [0.4, 0.5) is 0 Å². The Labute approximate surface area is 123 Å². The summed E-state index contributed by atoms with van der Waals surface area (Å²) >= 11 is 1.89. The summed E-state index contributed by atoms with van der Waals surface area (Å²) < 4.78 is 5.62. The highest BCUT2D eigenvalue weighted by molar-refractivity contribution is 7.98. The zero-order chi connectivity index (χ0) is 13.6. The van der Waals surface area contributed by atoms with E-state index in [1.54, 1.807) is 6.26 Å². The fourth-order valence-electron chi connectivity index (χ4n) is 2.16. The van der Waals surface area contributed by atoms with Crippen molar-refractivity contribution in [3.8, 4) is 0 Å². The van der Waals surface area contributed by atoms with Crippen LogP contribution in [0.5, 0.6) is 0 Å². The topological polar surface area (TPSA) is 13.1 Å². The van der Waals surface area contributed by atoms with Crippen molar-refractivity contribution in [3.63, 3.8) is 0 Å². The maximum absolute atomic E-state index is 5.62. The fourth-order valence-corrected chi connectivity index (χ4v) is 3.36. The van der Waals surface area contributed by atoms with Gasteiger partial charge in [0.15, 0.2) is 0 Å². The van der Waals surface area contributed by atoms with Crippen molar-refractivity contribution in [2.45, 2.75) is 11.0 Å². The van der Waals surface area contributed by atoms with Gasteiger partial charge in [0.25, 0.3) is 0 Å². The maximum Gasteiger partial charge on any atom is 0.121 e. The van der Waals surface area contributed by atoms with E-state index in [1.165, 1.54) is 11.1 Å². The van der Waals surface area contributed by atoms with Crippen molar-refractivity contribution in [3.05, 3.63) is 95.9 Å². The van der Waals surface area contributed by atoms with E-state index in [1.807, 2.05) is 23.9 Å². The van der Waals surface area contributed by atoms with Crippen LogP contribution in [0.15, 0.2) is 83.5 Å². The molecular formula is C18H16OS. The molecule has 0 N–H and O–H groups in total. The Kier molecular flexibility index (Phi) is 4.24. The van der Waals surface area contributed by atoms with Crippen molar-refractivity contribution in [2.75, 3.05) is 0 Å². The van der Waals surface area contributed by atoms with E-state index in [9.17, 15) is 0 Å². The standard InChI is InChI=1S/C18H16OS/c1-3-8-15(9-4-1)14-20-18(17-12-7-13-19-17)16-10-5-2-6-11-16/h1-13,18H,14H2. The van der Waals surface area contributed by atoms with E-state index in [0.29, 0.717) is 0 Å². The predicted molar refractivity (Wildman–Crippen MR) is 84.7 cm³/mol. The summed E-state index contributed by atoms with van der Waals surface area (Å²) in [5.41, 5.74) is 2.62. The summed E-state index contributed by atoms with van der Waals surface area (Å²) in [5.74, 6) is 1.98. The Morgan fingerprint density at radius 1 is 0.800 bits per heavy atom. The third-order valence-electron chi connectivity index (χ3n) is 3.16. The summed E-state index contributed by atoms with van der Waals surface area (Å²) in [7, 11) is 0. The van der Waals surface area contributed by atoms with Gasteiger partial charge in [0.2, 0.25) is 0 Å². The minimum Gasteiger partial charge on any atom is -0.468 e. The summed E-state index contributed by atoms with van der Waals surface area (Å²) in [6.45, 7) is 0. The first-order valence-electron chi connectivity index (χ1n) is 6.67. The normalized spacial score (nSPS) is 12.2. The third-order valence-corrected chi connectivity index (χ3v) is 4.50. The van der Waals surface area contributed by atoms with Crippen LogP contribution in [0.2, 0.25) is 0 Å². The van der Waals surface area contributed by atoms with Crippen molar-refractivity contribution in [1.82, 2.24) is 0 Å². The molecule has 2 aromatic carbocycles. The number of hydrogen-bond donors (Lipinski definition) is 0. The van der Waals surface area contributed by atoms with Crippen molar-refractivity contribution in [1.29, 1.82) is 0 Å². The molecule has 0 saturated heterocycles. The molecule has 0 aliphatic heterocycles. The van der Waals surface area contributed by atoms with Crippen LogP contribution in [0.25, 0.3) is 0 Å². The molecule has 0 aliphatic rings. The molecule has 0 saturated carbocycles. The molecule has 3 aromatic rings. The fraction of sp³-hybridized carbons (Fsp3) is 0.111. The second-order valence-corrected chi connectivity index (χ2v) is 5.70. The molecule has 1 aromatic heterocycles. The summed E-state index contributed by atoms with van der Waals surface area (Å²) in [4.78, 5) is 0. The lowest BCUT2D eigenvalue weighted by atomic mass is 10.1. The minimum atomic E-state index is 0.242. The Morgan fingerprint density at radius 3 is 2.15 bits per heavy atom. The first-order chi connectivity index (χ1) is 9.93. The molecule has 0 spiro atoms. The van der Waals surface area contributed by atoms with Gasteiger partial charge in [-0.2, -0.15) is 0 Å². The van der Waals surface area contributed by atoms with Crippen molar-refractivity contribution in [2.24, 2.45) is 0 Å². The average molecular weight is 280 g/mol. The zero-order valence-electron chi connectivity index (χ0n) is 11.1. The Bertz CT molecular complexity index is 617. The third kappa shape index (κ3) is 3.14. The van der Waals surface area contributed by atoms with Gasteiger partial charge in [0.05, 0.1) is 11.5 Å². The van der Waals surface area contributed by atoms with Gasteiger partial charge in [-0.3, -0.25) is 0 Å². The van der Waals surface area contributed by atoms with Gasteiger partial charge >= 0.3 is 0 Å². The summed E-state index contributed by atoms with van der Waals surface area (Å²) in [6.07, 6.45) is 1.74. The molecule has 2 heteroatoms. The number of thioether (sulfide) groups is 1. The molecule has 0 amide bonds. The van der Waals surface area contributed by atoms with Gasteiger partial charge in [0.1, 0.15) is 5.76 Å². The summed E-state index contributed by atoms with van der Waals surface area (Å²) in [5, 5.41) is 0.242. The molecular weight excluding hydrogens is 264 g/mol. The van der Waals surface area contributed by atoms with Gasteiger partial charge in [-0.25, -0.2) is 0 Å². The first-order valence-corrected chi connectivity index (χ1v) is 7.72. The molecule has 1 nitrogen and oxygen atoms in total. The number of hydrogen-bond acceptors (Lipinski definition) is 2. The average Bonchev–Trinajstić information content (AvgIpc) is 3.04. The van der Waals surface area contributed by atoms with Crippen LogP contribution >= 0.6 is 11.8 Å². The predicted octanol–water partition coefficient (Wildman–Crippen LogP) is 5.30. The van der Waals surface area contributed by atoms with Crippen LogP contribution in [0.1, 0.15) is 22.1 Å². The van der Waals surface area contributed by atoms with Gasteiger partial charge in [-0.05, 0) is 23.3 Å². The lowest BCUT2D eigenvalue weighted by Crippen LogP contribution is -1.96. The molecule has 0 fully saturated rings. The number of furan rings is 1. The van der Waals surface area contributed by atoms with E-state index in [-0.39, 0.29) is 5.25 Å². The highest BCUT2D eigenvalue weighted by Crippen LogP contribution is 2.37. The van der Waals surface area contributed by atoms with Crippen molar-refractivity contribution >= 4 is 11.8 Å². The van der Waals surface area contributed by atoms with Gasteiger partial charge in [-0.1, -0.05) is 60.7 Å². The van der Waals surface area contributed by atoms with E-state index < -0.39 is 0 Å². The van der Waals surface area contributed by atoms with E-state index in [0.717, 1.165) is 11.5 Å². The lowest BCUT2D eigenvalue weighted by molar-refractivity contribution is 0.518. The van der Waals surface area contributed by atoms with E-state index >= 15 is 0 Å². The quantitative estimate of drug-likeness (QED) is 0.629. The number of rotatable bonds is 5. The molecule has 3 rings (SSSR count). The highest BCUT2D eigenvalue weighted by atomic mass is 32.2. The summed E-state index contributed by atoms with van der Waals surface area (Å²) in [6, 6.07) is 25.1. The molecule has 20 heavy (non-hydrogen) atoms. The molecule has 100 valence electrons. The van der Waals surface area contributed by atoms with Crippen LogP contribution < -0.4 is 0 Å². The van der Waals surface area contributed by atoms with Crippen LogP contribution in [0.3, 0.4) is 0 Å². The van der Waals surface area contributed by atoms with Crippen LogP contribution in [-0.2, 0) is 5.75 Å². The van der Waals surface area contributed by atoms with Gasteiger partial charge < -0.3 is 4.42 Å². The van der Waals surface area contributed by atoms with Crippen LogP contribution in [-0.4, -0.2) is 0 Å². The lowest BCUT2D eigenvalue weighted by Gasteiger charge is -2.14. The Morgan fingerprint density at radius 2 is 1.50 bits per heavy atom. The molecule has 0 aliphatic carbocycles. The second-order valence-electron chi connectivity index (χ2n) is 4.60. The molecule has 0 radical (unpaired) electrons. The van der Waals surface area contributed by atoms with Crippen molar-refractivity contribution < 1.29 is 4.42 Å². The SMILES string of the molecule is c1ccc(CSC(c2ccccc2)c2ccco2)cc1. The second kappa shape index (κ2) is 6.49. The largest absolute Gasteiger partial charge is 0.468 e. The first kappa shape index (κ1) is 13.1. The zero-order valence-corrected chi connectivity index (χ0v) is 11.9. The van der Waals surface area contributed by atoms with E-state index in [2.05, 4.69) is 60.7 Å². The monoisotopic (exact) mass is 280 g/mol. The minimum absolute atomic E-state index is 0.242. The van der Waals surface area contributed by atoms with Gasteiger partial charge in [-0.15, -0.1) is 11.8 Å². The maximum atomic E-state index is 5.62. The molecule has 1 unspecified atom stereocenters. The molecule has 1 heterocycles.